The molecule has 0 amide bonds. The van der Waals surface area contributed by atoms with E-state index in [1.165, 1.54) is 38.8 Å². The summed E-state index contributed by atoms with van der Waals surface area (Å²) in [7, 11) is 0. The lowest BCUT2D eigenvalue weighted by Gasteiger charge is -2.29. The largest absolute Gasteiger partial charge is 0.394 e. The van der Waals surface area contributed by atoms with Gasteiger partial charge in [0.2, 0.25) is 0 Å². The molecule has 0 spiro atoms. The van der Waals surface area contributed by atoms with Gasteiger partial charge in [0.05, 0.1) is 13.2 Å². The van der Waals surface area contributed by atoms with Gasteiger partial charge in [0.25, 0.3) is 0 Å². The van der Waals surface area contributed by atoms with E-state index >= 15 is 0 Å². The van der Waals surface area contributed by atoms with Crippen molar-refractivity contribution in [2.24, 2.45) is 0 Å². The number of aliphatic hydroxyl groups excluding tert-OH is 1. The van der Waals surface area contributed by atoms with Crippen LogP contribution in [0.1, 0.15) is 45.4 Å². The van der Waals surface area contributed by atoms with E-state index in [2.05, 4.69) is 17.1 Å². The standard InChI is InChI=1S/C15H30N2O2/c1-15(13-18,16-14-5-6-14)7-2-3-8-17-9-4-11-19-12-10-17/h14,16,18H,2-13H2,1H3. The fourth-order valence-corrected chi connectivity index (χ4v) is 2.79. The molecule has 2 aliphatic rings. The van der Waals surface area contributed by atoms with Crippen LogP contribution in [0.15, 0.2) is 0 Å². The van der Waals surface area contributed by atoms with Crippen LogP contribution >= 0.6 is 0 Å². The van der Waals surface area contributed by atoms with Crippen molar-refractivity contribution < 1.29 is 9.84 Å². The van der Waals surface area contributed by atoms with E-state index in [1.54, 1.807) is 0 Å². The molecule has 1 unspecified atom stereocenters. The number of ether oxygens (including phenoxy) is 1. The maximum atomic E-state index is 9.56. The lowest BCUT2D eigenvalue weighted by molar-refractivity contribution is 0.139. The molecule has 2 rings (SSSR count). The Morgan fingerprint density at radius 1 is 1.26 bits per heavy atom. The summed E-state index contributed by atoms with van der Waals surface area (Å²) in [5.41, 5.74) is -0.0664. The topological polar surface area (TPSA) is 44.7 Å². The minimum Gasteiger partial charge on any atom is -0.394 e. The van der Waals surface area contributed by atoms with Crippen molar-refractivity contribution in [1.29, 1.82) is 0 Å². The molecule has 2 N–H and O–H groups in total. The Kier molecular flexibility index (Phi) is 6.07. The van der Waals surface area contributed by atoms with E-state index in [-0.39, 0.29) is 12.1 Å². The number of hydrogen-bond acceptors (Lipinski definition) is 4. The summed E-state index contributed by atoms with van der Waals surface area (Å²) in [6.45, 7) is 7.65. The first-order valence-electron chi connectivity index (χ1n) is 7.90. The summed E-state index contributed by atoms with van der Waals surface area (Å²) >= 11 is 0. The lowest BCUT2D eigenvalue weighted by Crippen LogP contribution is -2.47. The van der Waals surface area contributed by atoms with Crippen molar-refractivity contribution >= 4 is 0 Å². The van der Waals surface area contributed by atoms with Crippen LogP contribution in [0.4, 0.5) is 0 Å². The Morgan fingerprint density at radius 2 is 2.11 bits per heavy atom. The number of aliphatic hydroxyl groups is 1. The Bertz CT molecular complexity index is 251. The lowest BCUT2D eigenvalue weighted by atomic mass is 9.95. The Morgan fingerprint density at radius 3 is 2.84 bits per heavy atom. The zero-order valence-corrected chi connectivity index (χ0v) is 12.4. The van der Waals surface area contributed by atoms with E-state index in [0.717, 1.165) is 32.6 Å². The summed E-state index contributed by atoms with van der Waals surface area (Å²) in [5, 5.41) is 13.1. The first-order chi connectivity index (χ1) is 9.22. The maximum absolute atomic E-state index is 9.56. The minimum absolute atomic E-state index is 0.0664. The number of rotatable bonds is 8. The minimum atomic E-state index is -0.0664. The van der Waals surface area contributed by atoms with E-state index in [0.29, 0.717) is 6.04 Å². The number of nitrogens with zero attached hydrogens (tertiary/aromatic N) is 1. The van der Waals surface area contributed by atoms with E-state index in [9.17, 15) is 5.11 Å². The van der Waals surface area contributed by atoms with Crippen molar-refractivity contribution in [3.8, 4) is 0 Å². The predicted octanol–water partition coefficient (Wildman–Crippen LogP) is 1.38. The van der Waals surface area contributed by atoms with Crippen LogP contribution in [0.25, 0.3) is 0 Å². The van der Waals surface area contributed by atoms with Crippen LogP contribution < -0.4 is 5.32 Å². The molecule has 19 heavy (non-hydrogen) atoms. The highest BCUT2D eigenvalue weighted by Crippen LogP contribution is 2.24. The molecule has 112 valence electrons. The molecule has 4 heteroatoms. The molecule has 0 aromatic heterocycles. The van der Waals surface area contributed by atoms with Crippen LogP contribution in [-0.2, 0) is 4.74 Å². The third-order valence-corrected chi connectivity index (χ3v) is 4.25. The Labute approximate surface area is 117 Å². The molecule has 1 saturated carbocycles. The van der Waals surface area contributed by atoms with Gasteiger partial charge in [-0.15, -0.1) is 0 Å². The molecule has 2 fully saturated rings. The molecule has 1 aliphatic carbocycles. The zero-order chi connectivity index (χ0) is 13.6. The molecule has 0 aromatic carbocycles. The second kappa shape index (κ2) is 7.58. The van der Waals surface area contributed by atoms with Gasteiger partial charge >= 0.3 is 0 Å². The first-order valence-corrected chi connectivity index (χ1v) is 7.90. The summed E-state index contributed by atoms with van der Waals surface area (Å²) in [6, 6.07) is 0.667. The van der Waals surface area contributed by atoms with Gasteiger partial charge < -0.3 is 20.1 Å². The van der Waals surface area contributed by atoms with Crippen molar-refractivity contribution in [3.05, 3.63) is 0 Å². The Hall–Kier alpha value is -0.160. The van der Waals surface area contributed by atoms with Gasteiger partial charge in [0.15, 0.2) is 0 Å². The third kappa shape index (κ3) is 5.78. The average molecular weight is 270 g/mol. The van der Waals surface area contributed by atoms with Gasteiger partial charge in [-0.05, 0) is 45.6 Å². The van der Waals surface area contributed by atoms with E-state index in [4.69, 9.17) is 4.74 Å². The average Bonchev–Trinajstić information content (AvgIpc) is 3.22. The van der Waals surface area contributed by atoms with Crippen molar-refractivity contribution in [2.75, 3.05) is 39.5 Å². The molecular formula is C15H30N2O2. The quantitative estimate of drug-likeness (QED) is 0.654. The molecule has 4 nitrogen and oxygen atoms in total. The predicted molar refractivity (Wildman–Crippen MR) is 77.4 cm³/mol. The van der Waals surface area contributed by atoms with Gasteiger partial charge in [0.1, 0.15) is 0 Å². The monoisotopic (exact) mass is 270 g/mol. The van der Waals surface area contributed by atoms with Gasteiger partial charge in [-0.1, -0.05) is 6.42 Å². The molecule has 1 aliphatic heterocycles. The molecule has 0 bridgehead atoms. The molecule has 1 saturated heterocycles. The molecule has 1 atom stereocenters. The zero-order valence-electron chi connectivity index (χ0n) is 12.4. The highest BCUT2D eigenvalue weighted by atomic mass is 16.5. The van der Waals surface area contributed by atoms with Crippen LogP contribution in [0, 0.1) is 0 Å². The van der Waals surface area contributed by atoms with E-state index < -0.39 is 0 Å². The fraction of sp³-hybridized carbons (Fsp3) is 1.00. The van der Waals surface area contributed by atoms with Gasteiger partial charge in [-0.2, -0.15) is 0 Å². The van der Waals surface area contributed by atoms with Gasteiger partial charge in [0, 0.05) is 31.3 Å². The van der Waals surface area contributed by atoms with Crippen LogP contribution in [-0.4, -0.2) is 61.0 Å². The number of hydrogen-bond donors (Lipinski definition) is 2. The fourth-order valence-electron chi connectivity index (χ4n) is 2.79. The summed E-state index contributed by atoms with van der Waals surface area (Å²) < 4.78 is 5.47. The maximum Gasteiger partial charge on any atom is 0.0610 e. The highest BCUT2D eigenvalue weighted by Gasteiger charge is 2.31. The number of nitrogens with one attached hydrogen (secondary N) is 1. The second-order valence-electron chi connectivity index (χ2n) is 6.40. The third-order valence-electron chi connectivity index (χ3n) is 4.25. The summed E-state index contributed by atoms with van der Waals surface area (Å²) in [4.78, 5) is 2.51. The van der Waals surface area contributed by atoms with Gasteiger partial charge in [-0.25, -0.2) is 0 Å². The smallest absolute Gasteiger partial charge is 0.0610 e. The molecule has 1 heterocycles. The molecular weight excluding hydrogens is 240 g/mol. The van der Waals surface area contributed by atoms with Crippen LogP contribution in [0.5, 0.6) is 0 Å². The van der Waals surface area contributed by atoms with Crippen molar-refractivity contribution in [2.45, 2.75) is 57.0 Å². The normalized spacial score (nSPS) is 24.9. The Balaban J connectivity index is 1.58. The molecule has 0 aromatic rings. The second-order valence-corrected chi connectivity index (χ2v) is 6.40. The highest BCUT2D eigenvalue weighted by molar-refractivity contribution is 4.92. The van der Waals surface area contributed by atoms with Gasteiger partial charge in [-0.3, -0.25) is 0 Å². The summed E-state index contributed by atoms with van der Waals surface area (Å²) in [5.74, 6) is 0. The summed E-state index contributed by atoms with van der Waals surface area (Å²) in [6.07, 6.45) is 7.21. The van der Waals surface area contributed by atoms with E-state index in [1.807, 2.05) is 0 Å². The van der Waals surface area contributed by atoms with Crippen LogP contribution in [0.2, 0.25) is 0 Å². The van der Waals surface area contributed by atoms with Crippen molar-refractivity contribution in [1.82, 2.24) is 10.2 Å². The number of unbranched alkanes of at least 4 members (excludes halogenated alkanes) is 1. The van der Waals surface area contributed by atoms with Crippen LogP contribution in [0.3, 0.4) is 0 Å². The first kappa shape index (κ1) is 15.2. The van der Waals surface area contributed by atoms with Crippen molar-refractivity contribution in [3.63, 3.8) is 0 Å². The SMILES string of the molecule is CC(CO)(CCCCN1CCCOCC1)NC1CC1. The molecule has 0 radical (unpaired) electrons.